The van der Waals surface area contributed by atoms with Crippen LogP contribution in [0.5, 0.6) is 0 Å². The fraction of sp³-hybridized carbons (Fsp3) is 0.167. The third-order valence-corrected chi connectivity index (χ3v) is 3.32. The van der Waals surface area contributed by atoms with E-state index in [0.29, 0.717) is 9.39 Å². The lowest BCUT2D eigenvalue weighted by Gasteiger charge is -2.10. The maximum atomic E-state index is 13.5. The molecule has 18 heavy (non-hydrogen) atoms. The molecule has 0 unspecified atom stereocenters. The number of nitrogens with zero attached hydrogens (tertiary/aromatic N) is 2. The minimum atomic E-state index is -0.667. The maximum Gasteiger partial charge on any atom is 0.267 e. The lowest BCUT2D eigenvalue weighted by Crippen LogP contribution is -2.26. The van der Waals surface area contributed by atoms with Gasteiger partial charge in [-0.05, 0) is 41.6 Å². The molecule has 2 aromatic rings. The Morgan fingerprint density at radius 2 is 1.94 bits per heavy atom. The first-order valence-electron chi connectivity index (χ1n) is 5.15. The van der Waals surface area contributed by atoms with Crippen molar-refractivity contribution in [1.29, 1.82) is 0 Å². The fourth-order valence-electron chi connectivity index (χ4n) is 1.58. The Morgan fingerprint density at radius 1 is 1.33 bits per heavy atom. The van der Waals surface area contributed by atoms with Gasteiger partial charge in [-0.2, -0.15) is 0 Å². The van der Waals surface area contributed by atoms with Crippen molar-refractivity contribution in [2.24, 2.45) is 0 Å². The molecule has 3 nitrogen and oxygen atoms in total. The summed E-state index contributed by atoms with van der Waals surface area (Å²) in [5.74, 6) is -0.914. The molecule has 0 aliphatic heterocycles. The standard InChI is InChI=1S/C12H9F2IN2O/c1-7-16-5-11(15)12(18)17(7)6-8-9(13)3-2-4-10(8)14/h2-5H,6H2,1H3. The summed E-state index contributed by atoms with van der Waals surface area (Å²) >= 11 is 1.84. The molecule has 0 fully saturated rings. The smallest absolute Gasteiger partial charge is 0.267 e. The SMILES string of the molecule is Cc1ncc(I)c(=O)n1Cc1c(F)cccc1F. The Bertz CT molecular complexity index is 635. The van der Waals surface area contributed by atoms with Crippen LogP contribution < -0.4 is 5.56 Å². The zero-order chi connectivity index (χ0) is 13.3. The van der Waals surface area contributed by atoms with Gasteiger partial charge in [-0.15, -0.1) is 0 Å². The first-order chi connectivity index (χ1) is 8.50. The molecular formula is C12H9F2IN2O. The Kier molecular flexibility index (Phi) is 3.74. The van der Waals surface area contributed by atoms with Crippen molar-refractivity contribution in [2.45, 2.75) is 13.5 Å². The Morgan fingerprint density at radius 3 is 2.56 bits per heavy atom. The monoisotopic (exact) mass is 362 g/mol. The van der Waals surface area contributed by atoms with E-state index in [1.807, 2.05) is 22.6 Å². The van der Waals surface area contributed by atoms with Gasteiger partial charge in [0.2, 0.25) is 0 Å². The Labute approximate surface area is 116 Å². The molecule has 0 N–H and O–H groups in total. The maximum absolute atomic E-state index is 13.5. The highest BCUT2D eigenvalue weighted by Gasteiger charge is 2.12. The van der Waals surface area contributed by atoms with Gasteiger partial charge in [0.25, 0.3) is 5.56 Å². The molecule has 0 aliphatic carbocycles. The van der Waals surface area contributed by atoms with E-state index in [-0.39, 0.29) is 17.7 Å². The summed E-state index contributed by atoms with van der Waals surface area (Å²) < 4.78 is 28.7. The second-order valence-corrected chi connectivity index (χ2v) is 4.91. The van der Waals surface area contributed by atoms with Crippen LogP contribution in [0.2, 0.25) is 0 Å². The number of halogens is 3. The van der Waals surface area contributed by atoms with Gasteiger partial charge in [-0.3, -0.25) is 9.36 Å². The number of benzene rings is 1. The molecular weight excluding hydrogens is 353 g/mol. The quantitative estimate of drug-likeness (QED) is 0.770. The molecule has 0 aliphatic rings. The van der Waals surface area contributed by atoms with Crippen LogP contribution in [0.3, 0.4) is 0 Å². The van der Waals surface area contributed by atoms with Crippen LogP contribution in [0.4, 0.5) is 8.78 Å². The second-order valence-electron chi connectivity index (χ2n) is 3.74. The first kappa shape index (κ1) is 13.1. The van der Waals surface area contributed by atoms with Gasteiger partial charge < -0.3 is 0 Å². The fourth-order valence-corrected chi connectivity index (χ4v) is 2.01. The van der Waals surface area contributed by atoms with Crippen LogP contribution >= 0.6 is 22.6 Å². The van der Waals surface area contributed by atoms with Crippen LogP contribution in [-0.2, 0) is 6.54 Å². The minimum absolute atomic E-state index is 0.133. The van der Waals surface area contributed by atoms with Gasteiger partial charge in [0.1, 0.15) is 17.5 Å². The van der Waals surface area contributed by atoms with E-state index in [0.717, 1.165) is 0 Å². The van der Waals surface area contributed by atoms with Crippen molar-refractivity contribution < 1.29 is 8.78 Å². The lowest BCUT2D eigenvalue weighted by molar-refractivity contribution is 0.536. The topological polar surface area (TPSA) is 34.9 Å². The summed E-state index contributed by atoms with van der Waals surface area (Å²) in [5, 5.41) is 0. The zero-order valence-corrected chi connectivity index (χ0v) is 11.6. The molecule has 1 aromatic carbocycles. The molecule has 0 amide bonds. The van der Waals surface area contributed by atoms with E-state index < -0.39 is 11.6 Å². The molecule has 94 valence electrons. The first-order valence-corrected chi connectivity index (χ1v) is 6.23. The molecule has 1 heterocycles. The molecule has 6 heteroatoms. The van der Waals surface area contributed by atoms with Crippen molar-refractivity contribution in [1.82, 2.24) is 9.55 Å². The van der Waals surface area contributed by atoms with Crippen molar-refractivity contribution in [3.8, 4) is 0 Å². The third-order valence-electron chi connectivity index (χ3n) is 2.58. The molecule has 0 bridgehead atoms. The van der Waals surface area contributed by atoms with Crippen LogP contribution in [0.1, 0.15) is 11.4 Å². The largest absolute Gasteiger partial charge is 0.291 e. The number of hydrogen-bond acceptors (Lipinski definition) is 2. The predicted molar refractivity (Wildman–Crippen MR) is 71.4 cm³/mol. The second kappa shape index (κ2) is 5.13. The van der Waals surface area contributed by atoms with Gasteiger partial charge >= 0.3 is 0 Å². The van der Waals surface area contributed by atoms with Crippen LogP contribution in [0.25, 0.3) is 0 Å². The Balaban J connectivity index is 2.53. The molecule has 0 atom stereocenters. The minimum Gasteiger partial charge on any atom is -0.291 e. The van der Waals surface area contributed by atoms with Gasteiger partial charge in [0, 0.05) is 11.8 Å². The zero-order valence-electron chi connectivity index (χ0n) is 9.45. The van der Waals surface area contributed by atoms with Gasteiger partial charge in [-0.25, -0.2) is 13.8 Å². The molecule has 0 spiro atoms. The molecule has 0 saturated carbocycles. The highest BCUT2D eigenvalue weighted by atomic mass is 127. The highest BCUT2D eigenvalue weighted by molar-refractivity contribution is 14.1. The van der Waals surface area contributed by atoms with E-state index >= 15 is 0 Å². The van der Waals surface area contributed by atoms with Crippen molar-refractivity contribution in [3.63, 3.8) is 0 Å². The third kappa shape index (κ3) is 2.43. The van der Waals surface area contributed by atoms with E-state index in [4.69, 9.17) is 0 Å². The Hall–Kier alpha value is -1.31. The van der Waals surface area contributed by atoms with Gasteiger partial charge in [0.05, 0.1) is 10.1 Å². The van der Waals surface area contributed by atoms with Crippen LogP contribution in [-0.4, -0.2) is 9.55 Å². The molecule has 0 saturated heterocycles. The summed E-state index contributed by atoms with van der Waals surface area (Å²) in [6.07, 6.45) is 1.44. The number of aryl methyl sites for hydroxylation is 1. The summed E-state index contributed by atoms with van der Waals surface area (Å²) in [4.78, 5) is 15.9. The van der Waals surface area contributed by atoms with Crippen LogP contribution in [0, 0.1) is 22.1 Å². The molecule has 2 rings (SSSR count). The number of aromatic nitrogens is 2. The van der Waals surface area contributed by atoms with E-state index in [9.17, 15) is 13.6 Å². The normalized spacial score (nSPS) is 10.7. The van der Waals surface area contributed by atoms with E-state index in [2.05, 4.69) is 4.98 Å². The predicted octanol–water partition coefficient (Wildman–Crippen LogP) is 2.48. The van der Waals surface area contributed by atoms with Crippen molar-refractivity contribution >= 4 is 22.6 Å². The molecule has 0 radical (unpaired) electrons. The highest BCUT2D eigenvalue weighted by Crippen LogP contribution is 2.13. The van der Waals surface area contributed by atoms with E-state index in [1.165, 1.54) is 29.0 Å². The molecule has 1 aromatic heterocycles. The van der Waals surface area contributed by atoms with Crippen LogP contribution in [0.15, 0.2) is 29.2 Å². The lowest BCUT2D eigenvalue weighted by atomic mass is 10.2. The summed E-state index contributed by atoms with van der Waals surface area (Å²) in [7, 11) is 0. The van der Waals surface area contributed by atoms with Gasteiger partial charge in [0.15, 0.2) is 0 Å². The van der Waals surface area contributed by atoms with Crippen molar-refractivity contribution in [3.05, 3.63) is 61.3 Å². The van der Waals surface area contributed by atoms with Gasteiger partial charge in [-0.1, -0.05) is 6.07 Å². The average molecular weight is 362 g/mol. The number of rotatable bonds is 2. The number of hydrogen-bond donors (Lipinski definition) is 0. The summed E-state index contributed by atoms with van der Waals surface area (Å²) in [5.41, 5.74) is -0.433. The average Bonchev–Trinajstić information content (AvgIpc) is 2.33. The van der Waals surface area contributed by atoms with E-state index in [1.54, 1.807) is 6.92 Å². The van der Waals surface area contributed by atoms with Crippen molar-refractivity contribution in [2.75, 3.05) is 0 Å². The summed E-state index contributed by atoms with van der Waals surface area (Å²) in [6, 6.07) is 3.62. The summed E-state index contributed by atoms with van der Waals surface area (Å²) in [6.45, 7) is 1.46.